The van der Waals surface area contributed by atoms with Crippen molar-refractivity contribution < 1.29 is 4.79 Å². The first-order chi connectivity index (χ1) is 14.0. The van der Waals surface area contributed by atoms with Crippen molar-refractivity contribution in [2.24, 2.45) is 0 Å². The molecular formula is C23H29N5O. The zero-order valence-electron chi connectivity index (χ0n) is 17.5. The summed E-state index contributed by atoms with van der Waals surface area (Å²) in [6, 6.07) is 10.2. The van der Waals surface area contributed by atoms with Gasteiger partial charge in [-0.2, -0.15) is 0 Å². The van der Waals surface area contributed by atoms with Crippen LogP contribution < -0.4 is 0 Å². The van der Waals surface area contributed by atoms with Gasteiger partial charge < -0.3 is 14.4 Å². The third-order valence-corrected chi connectivity index (χ3v) is 5.63. The van der Waals surface area contributed by atoms with Gasteiger partial charge in [-0.1, -0.05) is 6.07 Å². The summed E-state index contributed by atoms with van der Waals surface area (Å²) in [7, 11) is 5.78. The summed E-state index contributed by atoms with van der Waals surface area (Å²) in [6.07, 6.45) is 6.98. The second-order valence-electron chi connectivity index (χ2n) is 8.20. The normalized spacial score (nSPS) is 13.9. The van der Waals surface area contributed by atoms with Crippen LogP contribution in [0.1, 0.15) is 35.7 Å². The molecule has 0 bridgehead atoms. The maximum atomic E-state index is 12.5. The second kappa shape index (κ2) is 8.33. The van der Waals surface area contributed by atoms with Crippen LogP contribution in [0.15, 0.2) is 42.7 Å². The zero-order chi connectivity index (χ0) is 20.4. The van der Waals surface area contributed by atoms with Gasteiger partial charge in [-0.15, -0.1) is 0 Å². The molecule has 0 atom stereocenters. The van der Waals surface area contributed by atoms with Gasteiger partial charge in [0.05, 0.1) is 0 Å². The van der Waals surface area contributed by atoms with Crippen LogP contribution in [0.4, 0.5) is 0 Å². The molecule has 0 aliphatic heterocycles. The average molecular weight is 392 g/mol. The highest BCUT2D eigenvalue weighted by molar-refractivity contribution is 5.85. The molecule has 0 unspecified atom stereocenters. The molecule has 1 amide bonds. The van der Waals surface area contributed by atoms with Gasteiger partial charge in [0.15, 0.2) is 0 Å². The number of carbonyl (C=O) groups is 1. The van der Waals surface area contributed by atoms with Gasteiger partial charge in [0.25, 0.3) is 0 Å². The van der Waals surface area contributed by atoms with Gasteiger partial charge in [0.2, 0.25) is 5.91 Å². The van der Waals surface area contributed by atoms with E-state index in [2.05, 4.69) is 38.6 Å². The number of aromatic nitrogens is 3. The number of likely N-dealkylation sites (N-methyl/N-ethyl adjacent to an activating group) is 2. The number of hydrogen-bond donors (Lipinski definition) is 0. The number of pyridine rings is 2. The lowest BCUT2D eigenvalue weighted by atomic mass is 10.1. The SMILES string of the molecule is CN(CCc1ccccn1)Cc1c(C2CC2)n(CC(=O)N(C)C)c2ncccc12. The predicted molar refractivity (Wildman–Crippen MR) is 115 cm³/mol. The Balaban J connectivity index is 1.63. The van der Waals surface area contributed by atoms with Crippen molar-refractivity contribution in [2.45, 2.75) is 38.3 Å². The molecule has 3 aromatic heterocycles. The van der Waals surface area contributed by atoms with Gasteiger partial charge in [-0.25, -0.2) is 4.98 Å². The maximum Gasteiger partial charge on any atom is 0.242 e. The van der Waals surface area contributed by atoms with Crippen LogP contribution in [0.3, 0.4) is 0 Å². The molecule has 1 fully saturated rings. The minimum absolute atomic E-state index is 0.101. The number of amides is 1. The molecule has 152 valence electrons. The molecule has 6 heteroatoms. The third kappa shape index (κ3) is 4.32. The molecule has 3 aromatic rings. The Hall–Kier alpha value is -2.73. The first-order valence-corrected chi connectivity index (χ1v) is 10.3. The maximum absolute atomic E-state index is 12.5. The van der Waals surface area contributed by atoms with Crippen molar-refractivity contribution in [3.63, 3.8) is 0 Å². The summed E-state index contributed by atoms with van der Waals surface area (Å²) in [6.45, 7) is 2.14. The van der Waals surface area contributed by atoms with Gasteiger partial charge in [-0.3, -0.25) is 9.78 Å². The minimum Gasteiger partial charge on any atom is -0.347 e. The van der Waals surface area contributed by atoms with Crippen molar-refractivity contribution in [3.05, 3.63) is 59.7 Å². The number of fused-ring (bicyclic) bond motifs is 1. The molecule has 6 nitrogen and oxygen atoms in total. The molecule has 0 N–H and O–H groups in total. The zero-order valence-corrected chi connectivity index (χ0v) is 17.5. The van der Waals surface area contributed by atoms with Crippen molar-refractivity contribution in [2.75, 3.05) is 27.7 Å². The molecule has 1 aliphatic rings. The standard InChI is InChI=1S/C23H29N5O/c1-26(2)21(29)16-28-22(17-9-10-17)20(19-8-6-13-25-23(19)28)15-27(3)14-11-18-7-4-5-12-24-18/h4-8,12-13,17H,9-11,14-16H2,1-3H3. The molecule has 0 radical (unpaired) electrons. The highest BCUT2D eigenvalue weighted by Gasteiger charge is 2.33. The van der Waals surface area contributed by atoms with Crippen molar-refractivity contribution in [1.29, 1.82) is 0 Å². The first kappa shape index (κ1) is 19.6. The molecule has 0 saturated heterocycles. The lowest BCUT2D eigenvalue weighted by Crippen LogP contribution is -2.27. The average Bonchev–Trinajstić information content (AvgIpc) is 3.52. The van der Waals surface area contributed by atoms with E-state index >= 15 is 0 Å². The van der Waals surface area contributed by atoms with E-state index in [0.29, 0.717) is 12.5 Å². The smallest absolute Gasteiger partial charge is 0.242 e. The summed E-state index contributed by atoms with van der Waals surface area (Å²) in [5.41, 5.74) is 4.67. The molecule has 1 saturated carbocycles. The molecule has 1 aliphatic carbocycles. The monoisotopic (exact) mass is 391 g/mol. The van der Waals surface area contributed by atoms with Gasteiger partial charge >= 0.3 is 0 Å². The highest BCUT2D eigenvalue weighted by Crippen LogP contribution is 2.45. The molecule has 3 heterocycles. The summed E-state index contributed by atoms with van der Waals surface area (Å²) >= 11 is 0. The van der Waals surface area contributed by atoms with Crippen LogP contribution in [-0.2, 0) is 24.3 Å². The Morgan fingerprint density at radius 2 is 1.90 bits per heavy atom. The van der Waals surface area contributed by atoms with E-state index in [1.54, 1.807) is 4.90 Å². The fraction of sp³-hybridized carbons (Fsp3) is 0.435. The number of hydrogen-bond acceptors (Lipinski definition) is 4. The van der Waals surface area contributed by atoms with E-state index in [1.807, 2.05) is 44.7 Å². The summed E-state index contributed by atoms with van der Waals surface area (Å²) in [4.78, 5) is 25.6. The summed E-state index contributed by atoms with van der Waals surface area (Å²) in [5, 5.41) is 1.17. The van der Waals surface area contributed by atoms with Crippen molar-refractivity contribution in [1.82, 2.24) is 24.3 Å². The van der Waals surface area contributed by atoms with E-state index in [9.17, 15) is 4.79 Å². The number of carbonyl (C=O) groups excluding carboxylic acids is 1. The van der Waals surface area contributed by atoms with E-state index in [4.69, 9.17) is 0 Å². The Bertz CT molecular complexity index is 991. The van der Waals surface area contributed by atoms with E-state index in [-0.39, 0.29) is 5.91 Å². The van der Waals surface area contributed by atoms with Crippen molar-refractivity contribution >= 4 is 16.9 Å². The molecule has 0 spiro atoms. The van der Waals surface area contributed by atoms with Gasteiger partial charge in [0.1, 0.15) is 12.2 Å². The van der Waals surface area contributed by atoms with Crippen LogP contribution in [0.5, 0.6) is 0 Å². The van der Waals surface area contributed by atoms with Crippen LogP contribution >= 0.6 is 0 Å². The Morgan fingerprint density at radius 3 is 2.59 bits per heavy atom. The van der Waals surface area contributed by atoms with E-state index < -0.39 is 0 Å². The lowest BCUT2D eigenvalue weighted by Gasteiger charge is -2.18. The fourth-order valence-electron chi connectivity index (χ4n) is 3.89. The molecule has 29 heavy (non-hydrogen) atoms. The van der Waals surface area contributed by atoms with Gasteiger partial charge in [0, 0.05) is 62.8 Å². The number of rotatable bonds is 8. The lowest BCUT2D eigenvalue weighted by molar-refractivity contribution is -0.129. The Morgan fingerprint density at radius 1 is 1.10 bits per heavy atom. The summed E-state index contributed by atoms with van der Waals surface area (Å²) < 4.78 is 2.16. The highest BCUT2D eigenvalue weighted by atomic mass is 16.2. The van der Waals surface area contributed by atoms with E-state index in [1.165, 1.54) is 29.5 Å². The molecule has 4 rings (SSSR count). The van der Waals surface area contributed by atoms with Crippen LogP contribution in [-0.4, -0.2) is 57.9 Å². The van der Waals surface area contributed by atoms with Gasteiger partial charge in [-0.05, 0) is 55.6 Å². The van der Waals surface area contributed by atoms with Crippen LogP contribution in [0, 0.1) is 0 Å². The second-order valence-corrected chi connectivity index (χ2v) is 8.20. The minimum atomic E-state index is 0.101. The Kier molecular flexibility index (Phi) is 5.62. The van der Waals surface area contributed by atoms with Crippen LogP contribution in [0.25, 0.3) is 11.0 Å². The van der Waals surface area contributed by atoms with Crippen molar-refractivity contribution in [3.8, 4) is 0 Å². The topological polar surface area (TPSA) is 54.3 Å². The summed E-state index contributed by atoms with van der Waals surface area (Å²) in [5.74, 6) is 0.642. The Labute approximate surface area is 172 Å². The predicted octanol–water partition coefficient (Wildman–Crippen LogP) is 3.07. The molecular weight excluding hydrogens is 362 g/mol. The van der Waals surface area contributed by atoms with Crippen LogP contribution in [0.2, 0.25) is 0 Å². The largest absolute Gasteiger partial charge is 0.347 e. The third-order valence-electron chi connectivity index (χ3n) is 5.63. The first-order valence-electron chi connectivity index (χ1n) is 10.3. The van der Waals surface area contributed by atoms with E-state index in [0.717, 1.165) is 30.9 Å². The number of nitrogens with zero attached hydrogens (tertiary/aromatic N) is 5. The fourth-order valence-corrected chi connectivity index (χ4v) is 3.89. The molecule has 0 aromatic carbocycles. The quantitative estimate of drug-likeness (QED) is 0.592.